The van der Waals surface area contributed by atoms with Gasteiger partial charge in [0.15, 0.2) is 0 Å². The number of hydrogen-bond acceptors (Lipinski definition) is 5. The predicted octanol–water partition coefficient (Wildman–Crippen LogP) is 4.46. The molecule has 3 aromatic rings. The standard InChI is InChI=1S/C29H31N3O4/c1-30-31-14-13-21-20-8-4-6-10-24(20)32-23-9-5-3-7-19(23)17-36-26(28(21)32)15-22-18(16-31)11-12-25(33)27(22)29(34)35-2/h3-10,18,22,25-27,33H,11-17H2,2H3/t18-,22-,25-,26+,27+/m0/s1. The Kier molecular flexibility index (Phi) is 5.94. The first-order chi connectivity index (χ1) is 17.6. The van der Waals surface area contributed by atoms with Crippen molar-refractivity contribution in [1.82, 2.24) is 9.58 Å². The van der Waals surface area contributed by atoms with E-state index in [4.69, 9.17) is 16.0 Å². The van der Waals surface area contributed by atoms with Crippen LogP contribution in [0.1, 0.15) is 42.2 Å². The second-order valence-electron chi connectivity index (χ2n) is 10.3. The molecular formula is C29H31N3O4. The summed E-state index contributed by atoms with van der Waals surface area (Å²) in [6.07, 6.45) is 1.64. The SMILES string of the molecule is [C-]#[N+]N1CCc2c3n(c4ccccc24)-c2ccccc2CO[C@@H]3C[C@H]2[C@@H](CC[C@H](O)[C@@H]2C(=O)OC)C1. The number of carbonyl (C=O) groups is 1. The molecule has 7 nitrogen and oxygen atoms in total. The molecule has 0 bridgehead atoms. The molecule has 0 spiro atoms. The maximum absolute atomic E-state index is 12.9. The molecule has 0 radical (unpaired) electrons. The highest BCUT2D eigenvalue weighted by Crippen LogP contribution is 2.47. The summed E-state index contributed by atoms with van der Waals surface area (Å²) in [7, 11) is 1.39. The Balaban J connectivity index is 1.57. The highest BCUT2D eigenvalue weighted by Gasteiger charge is 2.47. The zero-order chi connectivity index (χ0) is 24.8. The summed E-state index contributed by atoms with van der Waals surface area (Å²) in [5.41, 5.74) is 5.67. The molecule has 7 heteroatoms. The third-order valence-electron chi connectivity index (χ3n) is 8.48. The van der Waals surface area contributed by atoms with E-state index in [1.54, 1.807) is 0 Å². The Morgan fingerprint density at radius 2 is 1.97 bits per heavy atom. The molecule has 2 aliphatic heterocycles. The number of nitrogens with zero attached hydrogens (tertiary/aromatic N) is 3. The van der Waals surface area contributed by atoms with E-state index in [1.807, 2.05) is 11.1 Å². The van der Waals surface area contributed by atoms with Crippen molar-refractivity contribution in [2.75, 3.05) is 20.2 Å². The molecule has 3 heterocycles. The van der Waals surface area contributed by atoms with Gasteiger partial charge >= 0.3 is 5.97 Å². The Morgan fingerprint density at radius 1 is 1.17 bits per heavy atom. The normalized spacial score (nSPS) is 27.7. The molecule has 0 saturated heterocycles. The number of carbonyl (C=O) groups excluding carboxylic acids is 1. The van der Waals surface area contributed by atoms with Crippen LogP contribution in [-0.2, 0) is 27.3 Å². The summed E-state index contributed by atoms with van der Waals surface area (Å²) in [6, 6.07) is 16.8. The molecule has 1 aromatic heterocycles. The highest BCUT2D eigenvalue weighted by molar-refractivity contribution is 5.88. The molecule has 5 atom stereocenters. The van der Waals surface area contributed by atoms with E-state index in [-0.39, 0.29) is 23.9 Å². The van der Waals surface area contributed by atoms with Gasteiger partial charge in [-0.05, 0) is 55.2 Å². The van der Waals surface area contributed by atoms with E-state index in [0.29, 0.717) is 32.5 Å². The fraction of sp³-hybridized carbons (Fsp3) is 0.448. The number of methoxy groups -OCH3 is 1. The van der Waals surface area contributed by atoms with Crippen molar-refractivity contribution in [3.8, 4) is 5.69 Å². The number of benzene rings is 2. The molecule has 36 heavy (non-hydrogen) atoms. The minimum Gasteiger partial charge on any atom is -0.469 e. The van der Waals surface area contributed by atoms with Crippen LogP contribution in [0, 0.1) is 24.3 Å². The van der Waals surface area contributed by atoms with Crippen molar-refractivity contribution in [3.63, 3.8) is 0 Å². The Morgan fingerprint density at radius 3 is 2.81 bits per heavy atom. The fourth-order valence-corrected chi connectivity index (χ4v) is 6.82. The molecule has 1 aliphatic carbocycles. The maximum Gasteiger partial charge on any atom is 0.311 e. The van der Waals surface area contributed by atoms with Crippen LogP contribution in [-0.4, -0.2) is 47.0 Å². The smallest absolute Gasteiger partial charge is 0.311 e. The molecule has 2 aromatic carbocycles. The number of rotatable bonds is 1. The third kappa shape index (κ3) is 3.68. The zero-order valence-corrected chi connectivity index (χ0v) is 20.5. The van der Waals surface area contributed by atoms with Gasteiger partial charge in [-0.25, -0.2) is 0 Å². The van der Waals surface area contributed by atoms with Crippen molar-refractivity contribution < 1.29 is 19.4 Å². The fourth-order valence-electron chi connectivity index (χ4n) is 6.82. The van der Waals surface area contributed by atoms with Gasteiger partial charge in [0.25, 0.3) is 0 Å². The molecule has 0 amide bonds. The maximum atomic E-state index is 12.9. The third-order valence-corrected chi connectivity index (χ3v) is 8.48. The quantitative estimate of drug-likeness (QED) is 0.407. The van der Waals surface area contributed by atoms with Gasteiger partial charge in [-0.1, -0.05) is 36.4 Å². The molecule has 1 fully saturated rings. The minimum atomic E-state index is -0.753. The predicted molar refractivity (Wildman–Crippen MR) is 135 cm³/mol. The number of aromatic nitrogens is 1. The lowest BCUT2D eigenvalue weighted by atomic mass is 9.67. The Bertz CT molecular complexity index is 1340. The van der Waals surface area contributed by atoms with Crippen LogP contribution in [0.25, 0.3) is 21.5 Å². The molecule has 186 valence electrons. The second-order valence-corrected chi connectivity index (χ2v) is 10.3. The minimum absolute atomic E-state index is 0.0974. The number of fused-ring (bicyclic) bond motifs is 6. The molecular weight excluding hydrogens is 454 g/mol. The average Bonchev–Trinajstić information content (AvgIpc) is 3.14. The van der Waals surface area contributed by atoms with E-state index in [1.165, 1.54) is 18.1 Å². The van der Waals surface area contributed by atoms with Gasteiger partial charge in [0.2, 0.25) is 0 Å². The van der Waals surface area contributed by atoms with Crippen molar-refractivity contribution >= 4 is 16.9 Å². The summed E-state index contributed by atoms with van der Waals surface area (Å²) < 4.78 is 14.2. The second kappa shape index (κ2) is 9.27. The van der Waals surface area contributed by atoms with Crippen molar-refractivity contribution in [2.45, 2.75) is 44.5 Å². The average molecular weight is 486 g/mol. The number of hydrogen-bond donors (Lipinski definition) is 1. The van der Waals surface area contributed by atoms with Crippen molar-refractivity contribution in [3.05, 3.63) is 76.9 Å². The van der Waals surface area contributed by atoms with Gasteiger partial charge < -0.3 is 19.1 Å². The lowest BCUT2D eigenvalue weighted by molar-refractivity contribution is -0.158. The molecule has 3 aliphatic rings. The van der Waals surface area contributed by atoms with E-state index in [2.05, 4.69) is 52.0 Å². The van der Waals surface area contributed by atoms with Crippen LogP contribution in [0.5, 0.6) is 0 Å². The summed E-state index contributed by atoms with van der Waals surface area (Å²) >= 11 is 0. The first-order valence-corrected chi connectivity index (χ1v) is 12.8. The van der Waals surface area contributed by atoms with Crippen LogP contribution in [0.2, 0.25) is 0 Å². The van der Waals surface area contributed by atoms with Crippen LogP contribution < -0.4 is 0 Å². The topological polar surface area (TPSA) is 68.3 Å². The van der Waals surface area contributed by atoms with Crippen molar-refractivity contribution in [2.24, 2.45) is 17.8 Å². The lowest BCUT2D eigenvalue weighted by Gasteiger charge is -2.41. The number of para-hydroxylation sites is 2. The van der Waals surface area contributed by atoms with Crippen LogP contribution >= 0.6 is 0 Å². The Labute approximate surface area is 211 Å². The number of aliphatic hydroxyl groups is 1. The summed E-state index contributed by atoms with van der Waals surface area (Å²) in [5.74, 6) is -1.06. The van der Waals surface area contributed by atoms with Gasteiger partial charge in [-0.3, -0.25) is 4.79 Å². The van der Waals surface area contributed by atoms with Gasteiger partial charge in [0.1, 0.15) is 0 Å². The number of ether oxygens (including phenoxy) is 2. The molecule has 1 N–H and O–H groups in total. The first-order valence-electron chi connectivity index (χ1n) is 12.8. The highest BCUT2D eigenvalue weighted by atomic mass is 16.5. The van der Waals surface area contributed by atoms with Crippen LogP contribution in [0.15, 0.2) is 48.5 Å². The van der Waals surface area contributed by atoms with E-state index in [9.17, 15) is 9.90 Å². The largest absolute Gasteiger partial charge is 0.469 e. The van der Waals surface area contributed by atoms with E-state index < -0.39 is 12.0 Å². The first kappa shape index (κ1) is 23.1. The van der Waals surface area contributed by atoms with E-state index in [0.717, 1.165) is 35.3 Å². The number of aliphatic hydroxyl groups excluding tert-OH is 1. The van der Waals surface area contributed by atoms with Crippen molar-refractivity contribution in [1.29, 1.82) is 0 Å². The monoisotopic (exact) mass is 485 g/mol. The molecule has 1 saturated carbocycles. The van der Waals surface area contributed by atoms with Gasteiger partial charge in [0.05, 0.1) is 61.8 Å². The van der Waals surface area contributed by atoms with Gasteiger partial charge in [-0.15, -0.1) is 5.01 Å². The molecule has 6 rings (SSSR count). The van der Waals surface area contributed by atoms with E-state index >= 15 is 0 Å². The zero-order valence-electron chi connectivity index (χ0n) is 20.5. The summed E-state index contributed by atoms with van der Waals surface area (Å²) in [4.78, 5) is 16.8. The van der Waals surface area contributed by atoms with Crippen LogP contribution in [0.3, 0.4) is 0 Å². The van der Waals surface area contributed by atoms with Crippen LogP contribution in [0.4, 0.5) is 0 Å². The number of esters is 1. The summed E-state index contributed by atoms with van der Waals surface area (Å²) in [5, 5.41) is 13.9. The van der Waals surface area contributed by atoms with Gasteiger partial charge in [0, 0.05) is 10.9 Å². The Hall–Kier alpha value is -3.34. The van der Waals surface area contributed by atoms with Gasteiger partial charge in [-0.2, -0.15) is 11.5 Å². The lowest BCUT2D eigenvalue weighted by Crippen LogP contribution is -2.47. The molecule has 0 unspecified atom stereocenters. The summed E-state index contributed by atoms with van der Waals surface area (Å²) in [6.45, 7) is 9.52.